The lowest BCUT2D eigenvalue weighted by Crippen LogP contribution is -2.10. The van der Waals surface area contributed by atoms with E-state index >= 15 is 0 Å². The minimum absolute atomic E-state index is 0.00861. The summed E-state index contributed by atoms with van der Waals surface area (Å²) in [4.78, 5) is 0. The fourth-order valence-electron chi connectivity index (χ4n) is 1.98. The summed E-state index contributed by atoms with van der Waals surface area (Å²) in [5.74, 6) is 0.288. The minimum atomic E-state index is -0.00861. The first-order valence-electron chi connectivity index (χ1n) is 5.69. The highest BCUT2D eigenvalue weighted by Crippen LogP contribution is 2.25. The predicted octanol–water partition coefficient (Wildman–Crippen LogP) is 3.51. The molecule has 0 amide bonds. The molecule has 0 heterocycles. The van der Waals surface area contributed by atoms with Crippen molar-refractivity contribution in [2.45, 2.75) is 19.4 Å². The number of nitrogens with two attached hydrogens (primary N) is 1. The van der Waals surface area contributed by atoms with Crippen molar-refractivity contribution in [2.24, 2.45) is 5.73 Å². The van der Waals surface area contributed by atoms with Crippen molar-refractivity contribution in [1.82, 2.24) is 0 Å². The van der Waals surface area contributed by atoms with Gasteiger partial charge in [0.05, 0.1) is 0 Å². The molecule has 2 heteroatoms. The average Bonchev–Trinajstić information content (AvgIpc) is 2.27. The number of rotatable bonds is 3. The van der Waals surface area contributed by atoms with Gasteiger partial charge in [-0.3, -0.25) is 0 Å². The fraction of sp³-hybridized carbons (Fsp3) is 0.200. The van der Waals surface area contributed by atoms with Crippen LogP contribution in [0.5, 0.6) is 5.75 Å². The van der Waals surface area contributed by atoms with Crippen LogP contribution in [0.15, 0.2) is 48.6 Å². The Morgan fingerprint density at radius 3 is 2.59 bits per heavy atom. The Labute approximate surface area is 101 Å². The van der Waals surface area contributed by atoms with E-state index in [1.54, 1.807) is 12.1 Å². The van der Waals surface area contributed by atoms with E-state index in [0.717, 1.165) is 28.3 Å². The molecule has 88 valence electrons. The summed E-state index contributed by atoms with van der Waals surface area (Å²) in [6, 6.07) is 11.4. The molecule has 0 aliphatic heterocycles. The molecule has 0 aromatic heterocycles. The van der Waals surface area contributed by atoms with Crippen LogP contribution >= 0.6 is 0 Å². The van der Waals surface area contributed by atoms with Crippen LogP contribution in [0.1, 0.15) is 24.9 Å². The van der Waals surface area contributed by atoms with Crippen LogP contribution in [-0.4, -0.2) is 5.11 Å². The second kappa shape index (κ2) is 4.60. The first-order valence-corrected chi connectivity index (χ1v) is 5.69. The van der Waals surface area contributed by atoms with Crippen molar-refractivity contribution in [3.63, 3.8) is 0 Å². The quantitative estimate of drug-likeness (QED) is 0.788. The second-order valence-electron chi connectivity index (χ2n) is 4.56. The van der Waals surface area contributed by atoms with Gasteiger partial charge in [0.2, 0.25) is 0 Å². The van der Waals surface area contributed by atoms with Gasteiger partial charge in [-0.2, -0.15) is 0 Å². The minimum Gasteiger partial charge on any atom is -0.508 e. The summed E-state index contributed by atoms with van der Waals surface area (Å²) in [6.07, 6.45) is 0.795. The molecule has 0 unspecified atom stereocenters. The van der Waals surface area contributed by atoms with Gasteiger partial charge in [0.15, 0.2) is 0 Å². The zero-order valence-corrected chi connectivity index (χ0v) is 9.98. The fourth-order valence-corrected chi connectivity index (χ4v) is 1.98. The van der Waals surface area contributed by atoms with Crippen molar-refractivity contribution >= 4 is 10.8 Å². The topological polar surface area (TPSA) is 46.2 Å². The molecule has 0 radical (unpaired) electrons. The number of hydrogen-bond donors (Lipinski definition) is 2. The Morgan fingerprint density at radius 1 is 1.24 bits per heavy atom. The molecule has 2 nitrogen and oxygen atoms in total. The first-order chi connectivity index (χ1) is 8.06. The maximum atomic E-state index is 9.39. The third-order valence-corrected chi connectivity index (χ3v) is 2.84. The van der Waals surface area contributed by atoms with Crippen LogP contribution in [0.2, 0.25) is 0 Å². The van der Waals surface area contributed by atoms with Gasteiger partial charge in [-0.05, 0) is 47.9 Å². The molecule has 0 spiro atoms. The molecule has 0 bridgehead atoms. The van der Waals surface area contributed by atoms with Crippen LogP contribution in [0, 0.1) is 0 Å². The maximum absolute atomic E-state index is 9.39. The lowest BCUT2D eigenvalue weighted by molar-refractivity contribution is 0.476. The summed E-state index contributed by atoms with van der Waals surface area (Å²) in [7, 11) is 0. The van der Waals surface area contributed by atoms with E-state index in [4.69, 9.17) is 5.73 Å². The molecular formula is C15H17NO. The number of hydrogen-bond acceptors (Lipinski definition) is 2. The van der Waals surface area contributed by atoms with Gasteiger partial charge in [-0.1, -0.05) is 23.8 Å². The molecule has 0 fully saturated rings. The standard InChI is InChI=1S/C15H17NO/c1-10(2)7-15(16)13-4-3-12-9-14(17)6-5-11(12)8-13/h3-6,8-9,15,17H,1,7,16H2,2H3/t15-/m1/s1. The largest absolute Gasteiger partial charge is 0.508 e. The van der Waals surface area contributed by atoms with E-state index in [1.807, 2.05) is 25.1 Å². The number of benzene rings is 2. The zero-order valence-electron chi connectivity index (χ0n) is 9.98. The molecule has 0 saturated heterocycles. The average molecular weight is 227 g/mol. The summed E-state index contributed by atoms with van der Waals surface area (Å²) < 4.78 is 0. The van der Waals surface area contributed by atoms with E-state index < -0.39 is 0 Å². The number of phenolic OH excluding ortho intramolecular Hbond substituents is 1. The van der Waals surface area contributed by atoms with Crippen LogP contribution in [0.25, 0.3) is 10.8 Å². The van der Waals surface area contributed by atoms with Crippen LogP contribution in [0.4, 0.5) is 0 Å². The van der Waals surface area contributed by atoms with Gasteiger partial charge in [0, 0.05) is 6.04 Å². The first kappa shape index (κ1) is 11.7. The summed E-state index contributed by atoms with van der Waals surface area (Å²) in [6.45, 7) is 5.87. The Kier molecular flexibility index (Phi) is 3.16. The molecule has 2 aromatic rings. The van der Waals surface area contributed by atoms with Gasteiger partial charge >= 0.3 is 0 Å². The Bertz CT molecular complexity index is 560. The smallest absolute Gasteiger partial charge is 0.116 e. The van der Waals surface area contributed by atoms with Gasteiger partial charge in [-0.15, -0.1) is 6.58 Å². The third-order valence-electron chi connectivity index (χ3n) is 2.84. The number of fused-ring (bicyclic) bond motifs is 1. The van der Waals surface area contributed by atoms with Gasteiger partial charge in [0.25, 0.3) is 0 Å². The second-order valence-corrected chi connectivity index (χ2v) is 4.56. The van der Waals surface area contributed by atoms with E-state index in [0.29, 0.717) is 0 Å². The molecular weight excluding hydrogens is 210 g/mol. The highest BCUT2D eigenvalue weighted by molar-refractivity contribution is 5.84. The molecule has 0 saturated carbocycles. The highest BCUT2D eigenvalue weighted by atomic mass is 16.3. The van der Waals surface area contributed by atoms with Crippen molar-refractivity contribution in [2.75, 3.05) is 0 Å². The van der Waals surface area contributed by atoms with E-state index in [9.17, 15) is 5.11 Å². The Hall–Kier alpha value is -1.80. The summed E-state index contributed by atoms with van der Waals surface area (Å²) in [5.41, 5.74) is 8.30. The van der Waals surface area contributed by atoms with Crippen molar-refractivity contribution < 1.29 is 5.11 Å². The molecule has 0 aliphatic rings. The van der Waals surface area contributed by atoms with Crippen LogP contribution in [0.3, 0.4) is 0 Å². The Balaban J connectivity index is 2.37. The molecule has 2 rings (SSSR count). The zero-order chi connectivity index (χ0) is 12.4. The van der Waals surface area contributed by atoms with E-state index in [-0.39, 0.29) is 11.8 Å². The summed E-state index contributed by atoms with van der Waals surface area (Å²) in [5, 5.41) is 11.5. The SMILES string of the molecule is C=C(C)C[C@@H](N)c1ccc2cc(O)ccc2c1. The molecule has 2 aromatic carbocycles. The lowest BCUT2D eigenvalue weighted by Gasteiger charge is -2.12. The Morgan fingerprint density at radius 2 is 1.88 bits per heavy atom. The number of aromatic hydroxyl groups is 1. The maximum Gasteiger partial charge on any atom is 0.116 e. The third kappa shape index (κ3) is 2.66. The van der Waals surface area contributed by atoms with Crippen molar-refractivity contribution in [3.05, 3.63) is 54.1 Å². The van der Waals surface area contributed by atoms with Gasteiger partial charge in [-0.25, -0.2) is 0 Å². The molecule has 17 heavy (non-hydrogen) atoms. The predicted molar refractivity (Wildman–Crippen MR) is 72.0 cm³/mol. The molecule has 3 N–H and O–H groups in total. The molecule has 0 aliphatic carbocycles. The van der Waals surface area contributed by atoms with E-state index in [1.165, 1.54) is 0 Å². The van der Waals surface area contributed by atoms with Crippen LogP contribution < -0.4 is 5.73 Å². The lowest BCUT2D eigenvalue weighted by atomic mass is 9.98. The van der Waals surface area contributed by atoms with Crippen molar-refractivity contribution in [3.8, 4) is 5.75 Å². The normalized spacial score (nSPS) is 12.6. The van der Waals surface area contributed by atoms with Gasteiger partial charge in [0.1, 0.15) is 5.75 Å². The summed E-state index contributed by atoms with van der Waals surface area (Å²) >= 11 is 0. The van der Waals surface area contributed by atoms with E-state index in [2.05, 4.69) is 12.6 Å². The molecule has 1 atom stereocenters. The van der Waals surface area contributed by atoms with Gasteiger partial charge < -0.3 is 10.8 Å². The monoisotopic (exact) mass is 227 g/mol. The van der Waals surface area contributed by atoms with Crippen LogP contribution in [-0.2, 0) is 0 Å². The highest BCUT2D eigenvalue weighted by Gasteiger charge is 2.06. The number of phenols is 1. The van der Waals surface area contributed by atoms with Crippen molar-refractivity contribution in [1.29, 1.82) is 0 Å².